The van der Waals surface area contributed by atoms with Crippen molar-refractivity contribution in [1.82, 2.24) is 9.47 Å². The Balaban J connectivity index is 1.88. The minimum absolute atomic E-state index is 0.116. The first-order valence-electron chi connectivity index (χ1n) is 10.9. The molecule has 162 valence electrons. The average Bonchev–Trinajstić information content (AvgIpc) is 3.33. The molecule has 1 aliphatic carbocycles. The maximum absolute atomic E-state index is 15.2. The Labute approximate surface area is 176 Å². The molecule has 4 rings (SSSR count). The summed E-state index contributed by atoms with van der Waals surface area (Å²) in [5.41, 5.74) is 1.26. The lowest BCUT2D eigenvalue weighted by Crippen LogP contribution is -2.32. The molecule has 0 unspecified atom stereocenters. The third kappa shape index (κ3) is 3.39. The van der Waals surface area contributed by atoms with Crippen molar-refractivity contribution < 1.29 is 9.50 Å². The Morgan fingerprint density at radius 1 is 1.27 bits per heavy atom. The third-order valence-electron chi connectivity index (χ3n) is 6.64. The van der Waals surface area contributed by atoms with E-state index >= 15 is 4.39 Å². The van der Waals surface area contributed by atoms with Crippen LogP contribution in [0.1, 0.15) is 64.5 Å². The highest BCUT2D eigenvalue weighted by molar-refractivity contribution is 5.90. The lowest BCUT2D eigenvalue weighted by Gasteiger charge is -2.24. The van der Waals surface area contributed by atoms with Gasteiger partial charge >= 0.3 is 0 Å². The van der Waals surface area contributed by atoms with Crippen molar-refractivity contribution in [3.8, 4) is 0 Å². The van der Waals surface area contributed by atoms with Gasteiger partial charge in [0.1, 0.15) is 19.1 Å². The summed E-state index contributed by atoms with van der Waals surface area (Å²) in [6, 6.07) is 3.30. The fourth-order valence-corrected chi connectivity index (χ4v) is 4.86. The van der Waals surface area contributed by atoms with Gasteiger partial charge in [-0.15, -0.1) is 0 Å². The van der Waals surface area contributed by atoms with Gasteiger partial charge in [0.2, 0.25) is 0 Å². The number of hydrogen-bond donors (Lipinski definition) is 1. The molecule has 2 heterocycles. The smallest absolute Gasteiger partial charge is 0.258 e. The van der Waals surface area contributed by atoms with Gasteiger partial charge in [0.25, 0.3) is 5.56 Å². The molecule has 1 fully saturated rings. The number of likely N-dealkylation sites (N-methyl/N-ethyl adjacent to an activating group) is 1. The fourth-order valence-electron chi connectivity index (χ4n) is 4.86. The predicted octanol–water partition coefficient (Wildman–Crippen LogP) is 4.03. The molecule has 7 heteroatoms. The van der Waals surface area contributed by atoms with Crippen LogP contribution in [0.15, 0.2) is 28.2 Å². The number of aliphatic hydroxyl groups excluding tert-OH is 1. The summed E-state index contributed by atoms with van der Waals surface area (Å²) in [6.45, 7) is 9.21. The molecular weight excluding hydrogens is 383 g/mol. The monoisotopic (exact) mass is 414 g/mol. The molecule has 0 spiro atoms. The molecule has 6 nitrogen and oxygen atoms in total. The summed E-state index contributed by atoms with van der Waals surface area (Å²) >= 11 is 0. The number of benzene rings is 1. The van der Waals surface area contributed by atoms with E-state index in [4.69, 9.17) is 0 Å². The van der Waals surface area contributed by atoms with E-state index in [1.54, 1.807) is 11.1 Å². The lowest BCUT2D eigenvalue weighted by atomic mass is 9.96. The lowest BCUT2D eigenvalue weighted by molar-refractivity contribution is 0.332. The van der Waals surface area contributed by atoms with Gasteiger partial charge in [0.05, 0.1) is 11.1 Å². The second-order valence-corrected chi connectivity index (χ2v) is 8.85. The molecule has 1 aromatic heterocycles. The van der Waals surface area contributed by atoms with Crippen LogP contribution < -0.4 is 10.6 Å². The molecule has 2 aliphatic rings. The van der Waals surface area contributed by atoms with E-state index in [2.05, 4.69) is 25.9 Å². The number of rotatable bonds is 5. The first-order valence-corrected chi connectivity index (χ1v) is 10.9. The number of halogens is 1. The van der Waals surface area contributed by atoms with Crippen LogP contribution in [-0.4, -0.2) is 40.2 Å². The van der Waals surface area contributed by atoms with E-state index in [9.17, 15) is 9.90 Å². The average molecular weight is 415 g/mol. The molecule has 0 radical (unpaired) electrons. The SMILES string of the molecule is CCN1CN(c2cc3c(C(C)C)cn([C@@H]4CCC[C@@H]4C)c(=O)c3cc2F)N=C1CO. The number of aromatic nitrogens is 1. The van der Waals surface area contributed by atoms with Crippen molar-refractivity contribution in [3.05, 3.63) is 40.1 Å². The van der Waals surface area contributed by atoms with Crippen molar-refractivity contribution in [2.75, 3.05) is 24.8 Å². The number of anilines is 1. The number of hydrazone groups is 1. The number of nitrogens with zero attached hydrogens (tertiary/aromatic N) is 4. The molecule has 0 saturated heterocycles. The van der Waals surface area contributed by atoms with Crippen molar-refractivity contribution in [3.63, 3.8) is 0 Å². The Hall–Kier alpha value is -2.41. The van der Waals surface area contributed by atoms with Crippen molar-refractivity contribution in [1.29, 1.82) is 0 Å². The Morgan fingerprint density at radius 3 is 2.60 bits per heavy atom. The molecule has 2 aromatic rings. The summed E-state index contributed by atoms with van der Waals surface area (Å²) in [7, 11) is 0. The van der Waals surface area contributed by atoms with E-state index in [0.29, 0.717) is 36.0 Å². The van der Waals surface area contributed by atoms with Crippen LogP contribution >= 0.6 is 0 Å². The summed E-state index contributed by atoms with van der Waals surface area (Å²) in [5.74, 6) is 0.689. The molecular formula is C23H31FN4O2. The van der Waals surface area contributed by atoms with Crippen LogP contribution in [0.3, 0.4) is 0 Å². The zero-order valence-electron chi connectivity index (χ0n) is 18.2. The minimum Gasteiger partial charge on any atom is -0.388 e. The zero-order chi connectivity index (χ0) is 21.6. The highest BCUT2D eigenvalue weighted by Gasteiger charge is 2.29. The topological polar surface area (TPSA) is 61.1 Å². The summed E-state index contributed by atoms with van der Waals surface area (Å²) in [5, 5.41) is 16.7. The largest absolute Gasteiger partial charge is 0.388 e. The first-order chi connectivity index (χ1) is 14.3. The van der Waals surface area contributed by atoms with Crippen LogP contribution in [0.4, 0.5) is 10.1 Å². The molecule has 0 bridgehead atoms. The molecule has 2 atom stereocenters. The standard InChI is InChI=1S/C23H31FN4O2/c1-5-26-13-28(25-22(26)12-29)21-10-16-17(9-19(21)24)23(30)27(11-18(16)14(2)3)20-8-6-7-15(20)4/h9-11,14-15,20,29H,5-8,12-13H2,1-4H3/t15-,20+/m0/s1. The van der Waals surface area contributed by atoms with Gasteiger partial charge in [-0.25, -0.2) is 9.40 Å². The number of amidine groups is 1. The quantitative estimate of drug-likeness (QED) is 0.803. The van der Waals surface area contributed by atoms with E-state index in [1.165, 1.54) is 6.07 Å². The van der Waals surface area contributed by atoms with Crippen molar-refractivity contribution in [2.45, 2.75) is 58.9 Å². The van der Waals surface area contributed by atoms with Gasteiger partial charge in [-0.2, -0.15) is 5.10 Å². The normalized spacial score (nSPS) is 21.9. The summed E-state index contributed by atoms with van der Waals surface area (Å²) in [6.07, 6.45) is 5.22. The van der Waals surface area contributed by atoms with Gasteiger partial charge < -0.3 is 14.6 Å². The van der Waals surface area contributed by atoms with Crippen LogP contribution in [0.25, 0.3) is 10.8 Å². The number of fused-ring (bicyclic) bond motifs is 1. The van der Waals surface area contributed by atoms with Gasteiger partial charge in [-0.3, -0.25) is 4.79 Å². The van der Waals surface area contributed by atoms with Crippen LogP contribution in [0.2, 0.25) is 0 Å². The maximum Gasteiger partial charge on any atom is 0.258 e. The Bertz CT molecular complexity index is 1050. The molecule has 1 N–H and O–H groups in total. The first kappa shape index (κ1) is 20.8. The van der Waals surface area contributed by atoms with Crippen LogP contribution in [0, 0.1) is 11.7 Å². The van der Waals surface area contributed by atoms with E-state index in [-0.39, 0.29) is 24.1 Å². The Kier molecular flexibility index (Phi) is 5.57. The van der Waals surface area contributed by atoms with Gasteiger partial charge in [0.15, 0.2) is 5.84 Å². The third-order valence-corrected chi connectivity index (χ3v) is 6.64. The van der Waals surface area contributed by atoms with Crippen LogP contribution in [0.5, 0.6) is 0 Å². The zero-order valence-corrected chi connectivity index (χ0v) is 18.2. The highest BCUT2D eigenvalue weighted by Crippen LogP contribution is 2.37. The number of aliphatic hydroxyl groups is 1. The number of hydrogen-bond acceptors (Lipinski definition) is 5. The fraction of sp³-hybridized carbons (Fsp3) is 0.565. The molecule has 30 heavy (non-hydrogen) atoms. The Morgan fingerprint density at radius 2 is 2.03 bits per heavy atom. The predicted molar refractivity (Wildman–Crippen MR) is 119 cm³/mol. The maximum atomic E-state index is 15.2. The second-order valence-electron chi connectivity index (χ2n) is 8.85. The van der Waals surface area contributed by atoms with Gasteiger partial charge in [0, 0.05) is 18.8 Å². The van der Waals surface area contributed by atoms with Crippen molar-refractivity contribution >= 4 is 22.3 Å². The minimum atomic E-state index is -0.467. The molecule has 0 amide bonds. The highest BCUT2D eigenvalue weighted by atomic mass is 19.1. The molecule has 1 aliphatic heterocycles. The van der Waals surface area contributed by atoms with Gasteiger partial charge in [-0.05, 0) is 54.7 Å². The van der Waals surface area contributed by atoms with Gasteiger partial charge in [-0.1, -0.05) is 27.2 Å². The summed E-state index contributed by atoms with van der Waals surface area (Å²) < 4.78 is 17.0. The number of pyridine rings is 1. The van der Waals surface area contributed by atoms with E-state index in [0.717, 1.165) is 30.2 Å². The van der Waals surface area contributed by atoms with E-state index < -0.39 is 5.82 Å². The second kappa shape index (κ2) is 8.02. The van der Waals surface area contributed by atoms with E-state index in [1.807, 2.05) is 22.6 Å². The molecule has 1 aromatic carbocycles. The molecule has 1 saturated carbocycles. The van der Waals surface area contributed by atoms with Crippen molar-refractivity contribution in [2.24, 2.45) is 11.0 Å². The summed E-state index contributed by atoms with van der Waals surface area (Å²) in [4.78, 5) is 15.2. The van der Waals surface area contributed by atoms with Crippen LogP contribution in [-0.2, 0) is 0 Å².